The second-order valence-corrected chi connectivity index (χ2v) is 3.11. The third kappa shape index (κ3) is 4.70. The first-order valence-electron chi connectivity index (χ1n) is 4.41. The first kappa shape index (κ1) is 11.9. The third-order valence-electron chi connectivity index (χ3n) is 2.18. The van der Waals surface area contributed by atoms with Gasteiger partial charge in [-0.3, -0.25) is 0 Å². The van der Waals surface area contributed by atoms with Gasteiger partial charge in [-0.15, -0.1) is 0 Å². The summed E-state index contributed by atoms with van der Waals surface area (Å²) in [6, 6.07) is 0.435. The molecule has 2 atom stereocenters. The fourth-order valence-corrected chi connectivity index (χ4v) is 1.22. The van der Waals surface area contributed by atoms with E-state index in [0.717, 1.165) is 19.6 Å². The van der Waals surface area contributed by atoms with Crippen LogP contribution in [0.4, 0.5) is 0 Å². The highest BCUT2D eigenvalue weighted by atomic mass is 16.5. The summed E-state index contributed by atoms with van der Waals surface area (Å²) < 4.78 is 10.1. The van der Waals surface area contributed by atoms with E-state index in [1.807, 2.05) is 7.05 Å². The Morgan fingerprint density at radius 1 is 1.25 bits per heavy atom. The summed E-state index contributed by atoms with van der Waals surface area (Å²) in [5.74, 6) is 0.592. The van der Waals surface area contributed by atoms with E-state index >= 15 is 0 Å². The first-order valence-corrected chi connectivity index (χ1v) is 4.41. The van der Waals surface area contributed by atoms with Gasteiger partial charge in [0.15, 0.2) is 0 Å². The predicted octanol–water partition coefficient (Wildman–Crippen LogP) is 0.893. The number of hydrogen-bond donors (Lipinski definition) is 1. The summed E-state index contributed by atoms with van der Waals surface area (Å²) in [6.45, 7) is 3.80. The van der Waals surface area contributed by atoms with Crippen LogP contribution in [0, 0.1) is 5.92 Å². The van der Waals surface area contributed by atoms with Crippen molar-refractivity contribution < 1.29 is 9.47 Å². The van der Waals surface area contributed by atoms with Crippen LogP contribution in [-0.2, 0) is 9.47 Å². The third-order valence-corrected chi connectivity index (χ3v) is 2.18. The van der Waals surface area contributed by atoms with E-state index in [2.05, 4.69) is 12.2 Å². The number of hydrogen-bond acceptors (Lipinski definition) is 3. The second-order valence-electron chi connectivity index (χ2n) is 3.11. The van der Waals surface area contributed by atoms with Crippen molar-refractivity contribution in [1.29, 1.82) is 0 Å². The average Bonchev–Trinajstić information content (AvgIpc) is 2.10. The van der Waals surface area contributed by atoms with E-state index in [4.69, 9.17) is 9.47 Å². The van der Waals surface area contributed by atoms with Gasteiger partial charge in [-0.05, 0) is 19.4 Å². The van der Waals surface area contributed by atoms with E-state index in [1.54, 1.807) is 14.2 Å². The molecule has 0 rings (SSSR count). The normalized spacial score (nSPS) is 16.0. The lowest BCUT2D eigenvalue weighted by molar-refractivity contribution is 0.125. The molecule has 0 radical (unpaired) electrons. The number of methoxy groups -OCH3 is 2. The van der Waals surface area contributed by atoms with E-state index in [1.165, 1.54) is 0 Å². The van der Waals surface area contributed by atoms with Crippen molar-refractivity contribution in [3.63, 3.8) is 0 Å². The molecule has 0 aliphatic carbocycles. The van der Waals surface area contributed by atoms with Crippen LogP contribution in [0.1, 0.15) is 13.3 Å². The van der Waals surface area contributed by atoms with E-state index in [9.17, 15) is 0 Å². The molecule has 12 heavy (non-hydrogen) atoms. The van der Waals surface area contributed by atoms with Gasteiger partial charge in [0, 0.05) is 26.9 Å². The van der Waals surface area contributed by atoms with Crippen molar-refractivity contribution in [3.05, 3.63) is 0 Å². The Morgan fingerprint density at radius 3 is 2.33 bits per heavy atom. The minimum absolute atomic E-state index is 0.435. The molecule has 0 bridgehead atoms. The molecule has 1 N–H and O–H groups in total. The molecule has 0 aliphatic heterocycles. The van der Waals surface area contributed by atoms with Gasteiger partial charge in [-0.25, -0.2) is 0 Å². The van der Waals surface area contributed by atoms with Crippen LogP contribution in [0.3, 0.4) is 0 Å². The van der Waals surface area contributed by atoms with Crippen molar-refractivity contribution >= 4 is 0 Å². The SMILES string of the molecule is CNC(COC)C(C)CCOC. The summed E-state index contributed by atoms with van der Waals surface area (Å²) in [7, 11) is 5.43. The van der Waals surface area contributed by atoms with Gasteiger partial charge >= 0.3 is 0 Å². The molecule has 2 unspecified atom stereocenters. The molecular formula is C9H21NO2. The van der Waals surface area contributed by atoms with E-state index in [0.29, 0.717) is 12.0 Å². The Balaban J connectivity index is 3.60. The standard InChI is InChI=1S/C9H21NO2/c1-8(5-6-11-3)9(10-2)7-12-4/h8-10H,5-7H2,1-4H3. The monoisotopic (exact) mass is 175 g/mol. The van der Waals surface area contributed by atoms with Gasteiger partial charge in [0.25, 0.3) is 0 Å². The highest BCUT2D eigenvalue weighted by molar-refractivity contribution is 4.70. The highest BCUT2D eigenvalue weighted by Crippen LogP contribution is 2.07. The van der Waals surface area contributed by atoms with Crippen LogP contribution in [0.5, 0.6) is 0 Å². The molecule has 0 fully saturated rings. The van der Waals surface area contributed by atoms with Crippen LogP contribution in [0.25, 0.3) is 0 Å². The maximum Gasteiger partial charge on any atom is 0.0618 e. The molecule has 0 spiro atoms. The zero-order chi connectivity index (χ0) is 9.40. The summed E-state index contributed by atoms with van der Waals surface area (Å²) >= 11 is 0. The topological polar surface area (TPSA) is 30.5 Å². The molecule has 74 valence electrons. The first-order chi connectivity index (χ1) is 5.76. The molecule has 0 saturated carbocycles. The second kappa shape index (κ2) is 7.53. The van der Waals surface area contributed by atoms with Crippen LogP contribution in [0.2, 0.25) is 0 Å². The van der Waals surface area contributed by atoms with Gasteiger partial charge in [0.1, 0.15) is 0 Å². The lowest BCUT2D eigenvalue weighted by atomic mass is 10.00. The van der Waals surface area contributed by atoms with Crippen molar-refractivity contribution in [3.8, 4) is 0 Å². The maximum atomic E-state index is 5.09. The Hall–Kier alpha value is -0.120. The summed E-state index contributed by atoms with van der Waals surface area (Å²) in [5.41, 5.74) is 0. The van der Waals surface area contributed by atoms with Crippen LogP contribution in [0.15, 0.2) is 0 Å². The quantitative estimate of drug-likeness (QED) is 0.623. The number of likely N-dealkylation sites (N-methyl/N-ethyl adjacent to an activating group) is 1. The molecule has 3 nitrogen and oxygen atoms in total. The Kier molecular flexibility index (Phi) is 7.45. The summed E-state index contributed by atoms with van der Waals surface area (Å²) in [4.78, 5) is 0. The minimum atomic E-state index is 0.435. The zero-order valence-corrected chi connectivity index (χ0v) is 8.59. The number of nitrogens with one attached hydrogen (secondary N) is 1. The van der Waals surface area contributed by atoms with Gasteiger partial charge < -0.3 is 14.8 Å². The van der Waals surface area contributed by atoms with Crippen molar-refractivity contribution in [2.24, 2.45) is 5.92 Å². The fraction of sp³-hybridized carbons (Fsp3) is 1.00. The molecule has 3 heteroatoms. The Bertz CT molecular complexity index is 98.5. The van der Waals surface area contributed by atoms with Gasteiger partial charge in [0.05, 0.1) is 6.61 Å². The number of rotatable bonds is 7. The van der Waals surface area contributed by atoms with Crippen LogP contribution < -0.4 is 5.32 Å². The largest absolute Gasteiger partial charge is 0.385 e. The molecule has 0 heterocycles. The summed E-state index contributed by atoms with van der Waals surface area (Å²) in [5, 5.41) is 3.23. The van der Waals surface area contributed by atoms with E-state index < -0.39 is 0 Å². The lowest BCUT2D eigenvalue weighted by Crippen LogP contribution is -2.36. The Morgan fingerprint density at radius 2 is 1.92 bits per heavy atom. The smallest absolute Gasteiger partial charge is 0.0618 e. The van der Waals surface area contributed by atoms with Crippen molar-refractivity contribution in [1.82, 2.24) is 5.32 Å². The van der Waals surface area contributed by atoms with Gasteiger partial charge in [-0.2, -0.15) is 0 Å². The molecule has 0 aromatic heterocycles. The van der Waals surface area contributed by atoms with Crippen molar-refractivity contribution in [2.75, 3.05) is 34.5 Å². The lowest BCUT2D eigenvalue weighted by Gasteiger charge is -2.22. The molecular weight excluding hydrogens is 154 g/mol. The molecule has 0 aromatic carbocycles. The van der Waals surface area contributed by atoms with Gasteiger partial charge in [-0.1, -0.05) is 6.92 Å². The summed E-state index contributed by atoms with van der Waals surface area (Å²) in [6.07, 6.45) is 1.07. The highest BCUT2D eigenvalue weighted by Gasteiger charge is 2.14. The van der Waals surface area contributed by atoms with E-state index in [-0.39, 0.29) is 0 Å². The van der Waals surface area contributed by atoms with Gasteiger partial charge in [0.2, 0.25) is 0 Å². The predicted molar refractivity (Wildman–Crippen MR) is 50.4 cm³/mol. The fourth-order valence-electron chi connectivity index (χ4n) is 1.22. The molecule has 0 aliphatic rings. The molecule has 0 amide bonds. The molecule has 0 saturated heterocycles. The zero-order valence-electron chi connectivity index (χ0n) is 8.59. The number of ether oxygens (including phenoxy) is 2. The molecule has 0 aromatic rings. The maximum absolute atomic E-state index is 5.09. The minimum Gasteiger partial charge on any atom is -0.385 e. The Labute approximate surface area is 75.4 Å². The van der Waals surface area contributed by atoms with Crippen LogP contribution >= 0.6 is 0 Å². The average molecular weight is 175 g/mol. The van der Waals surface area contributed by atoms with Crippen molar-refractivity contribution in [2.45, 2.75) is 19.4 Å². The van der Waals surface area contributed by atoms with Crippen LogP contribution in [-0.4, -0.2) is 40.5 Å².